The number of hydrogen-bond acceptors (Lipinski definition) is 8. The van der Waals surface area contributed by atoms with E-state index >= 15 is 0 Å². The molecular weight excluding hydrogens is 514 g/mol. The standard InChI is InChI=1S/C30H47N3O7/c1-28(2,3)39-26(35)32-24-21-17-19(18-23(34)31-15-14-20-11-10-16-33(20)9)12-13-22(21)38-30(7,8)25(24)37-27(36)40-29(4,5)6/h12-13,17,20,24-25H,10-11,14-16,18H2,1-9H3,(H,31,34)(H,32,35)/t20?,24-,25+/m1/s1. The van der Waals surface area contributed by atoms with Crippen LogP contribution in [0, 0.1) is 0 Å². The molecule has 2 aliphatic heterocycles. The number of alkyl carbamates (subject to hydrolysis) is 1. The third-order valence-electron chi connectivity index (χ3n) is 6.89. The lowest BCUT2D eigenvalue weighted by Gasteiger charge is -2.44. The van der Waals surface area contributed by atoms with Crippen molar-refractivity contribution in [2.24, 2.45) is 0 Å². The van der Waals surface area contributed by atoms with Gasteiger partial charge in [0.15, 0.2) is 6.10 Å². The number of benzene rings is 1. The minimum Gasteiger partial charge on any atom is -0.484 e. The maximum absolute atomic E-state index is 12.9. The average Bonchev–Trinajstić information content (AvgIpc) is 3.18. The third kappa shape index (κ3) is 9.01. The highest BCUT2D eigenvalue weighted by Gasteiger charge is 2.48. The van der Waals surface area contributed by atoms with E-state index in [1.165, 1.54) is 6.42 Å². The molecule has 10 nitrogen and oxygen atoms in total. The summed E-state index contributed by atoms with van der Waals surface area (Å²) in [5.41, 5.74) is -1.20. The smallest absolute Gasteiger partial charge is 0.484 e. The number of carbonyl (C=O) groups excluding carboxylic acids is 3. The van der Waals surface area contributed by atoms with Gasteiger partial charge < -0.3 is 34.5 Å². The lowest BCUT2D eigenvalue weighted by Crippen LogP contribution is -2.56. The van der Waals surface area contributed by atoms with E-state index in [1.807, 2.05) is 12.1 Å². The molecule has 3 atom stereocenters. The fourth-order valence-corrected chi connectivity index (χ4v) is 5.10. The van der Waals surface area contributed by atoms with Crippen LogP contribution in [0.1, 0.15) is 91.8 Å². The van der Waals surface area contributed by atoms with E-state index in [1.54, 1.807) is 61.5 Å². The van der Waals surface area contributed by atoms with E-state index in [9.17, 15) is 14.4 Å². The maximum atomic E-state index is 12.9. The van der Waals surface area contributed by atoms with Crippen LogP contribution in [0.4, 0.5) is 9.59 Å². The first kappa shape index (κ1) is 31.5. The van der Waals surface area contributed by atoms with Crippen LogP contribution in [0.5, 0.6) is 5.75 Å². The molecule has 0 saturated carbocycles. The van der Waals surface area contributed by atoms with Crippen LogP contribution in [-0.2, 0) is 25.4 Å². The second-order valence-corrected chi connectivity index (χ2v) is 13.3. The number of nitrogens with one attached hydrogen (secondary N) is 2. The average molecular weight is 562 g/mol. The number of fused-ring (bicyclic) bond motifs is 1. The molecule has 1 aromatic carbocycles. The number of ether oxygens (including phenoxy) is 4. The highest BCUT2D eigenvalue weighted by molar-refractivity contribution is 5.78. The first-order chi connectivity index (χ1) is 18.4. The summed E-state index contributed by atoms with van der Waals surface area (Å²) < 4.78 is 22.9. The molecule has 2 aliphatic rings. The number of nitrogens with zero attached hydrogens (tertiary/aromatic N) is 1. The Hall–Kier alpha value is -3.01. The van der Waals surface area contributed by atoms with Crippen molar-refractivity contribution in [3.63, 3.8) is 0 Å². The maximum Gasteiger partial charge on any atom is 0.509 e. The van der Waals surface area contributed by atoms with Gasteiger partial charge in [-0.1, -0.05) is 6.07 Å². The zero-order valence-corrected chi connectivity index (χ0v) is 25.5. The van der Waals surface area contributed by atoms with Gasteiger partial charge in [-0.3, -0.25) is 4.79 Å². The van der Waals surface area contributed by atoms with Gasteiger partial charge in [0.1, 0.15) is 28.6 Å². The zero-order chi connectivity index (χ0) is 29.9. The summed E-state index contributed by atoms with van der Waals surface area (Å²) in [5.74, 6) is 0.430. The normalized spacial score (nSPS) is 22.5. The van der Waals surface area contributed by atoms with E-state index in [0.29, 0.717) is 23.9 Å². The van der Waals surface area contributed by atoms with Gasteiger partial charge in [-0.05, 0) is 106 Å². The molecule has 0 bridgehead atoms. The highest BCUT2D eigenvalue weighted by atomic mass is 16.7. The Bertz CT molecular complexity index is 1070. The van der Waals surface area contributed by atoms with E-state index in [-0.39, 0.29) is 12.3 Å². The van der Waals surface area contributed by atoms with Crippen LogP contribution in [-0.4, -0.2) is 72.1 Å². The van der Waals surface area contributed by atoms with Gasteiger partial charge in [-0.25, -0.2) is 9.59 Å². The molecule has 2 amide bonds. The Morgan fingerprint density at radius 3 is 2.35 bits per heavy atom. The topological polar surface area (TPSA) is 115 Å². The van der Waals surface area contributed by atoms with Crippen LogP contribution in [0.3, 0.4) is 0 Å². The minimum absolute atomic E-state index is 0.0872. The molecule has 0 aromatic heterocycles. The first-order valence-corrected chi connectivity index (χ1v) is 14.1. The number of carbonyl (C=O) groups is 3. The number of amides is 2. The van der Waals surface area contributed by atoms with Crippen molar-refractivity contribution in [1.29, 1.82) is 0 Å². The molecule has 0 spiro atoms. The SMILES string of the molecule is CN1CCCC1CCNC(=O)Cc1ccc2c(c1)[C@@H](NC(=O)OC(C)(C)C)[C@H](OC(=O)OC(C)(C)C)C(C)(C)O2. The third-order valence-corrected chi connectivity index (χ3v) is 6.89. The summed E-state index contributed by atoms with van der Waals surface area (Å²) in [5, 5.41) is 5.90. The summed E-state index contributed by atoms with van der Waals surface area (Å²) in [6, 6.07) is 5.11. The lowest BCUT2D eigenvalue weighted by atomic mass is 9.85. The van der Waals surface area contributed by atoms with Crippen molar-refractivity contribution < 1.29 is 33.3 Å². The highest BCUT2D eigenvalue weighted by Crippen LogP contribution is 2.42. The van der Waals surface area contributed by atoms with E-state index in [0.717, 1.165) is 24.9 Å². The molecule has 2 N–H and O–H groups in total. The molecule has 0 aliphatic carbocycles. The van der Waals surface area contributed by atoms with Crippen molar-refractivity contribution in [2.75, 3.05) is 20.1 Å². The van der Waals surface area contributed by atoms with Crippen LogP contribution < -0.4 is 15.4 Å². The molecule has 1 aromatic rings. The number of likely N-dealkylation sites (tertiary alicyclic amines) is 1. The molecule has 224 valence electrons. The van der Waals surface area contributed by atoms with Gasteiger partial charge in [0.2, 0.25) is 5.91 Å². The largest absolute Gasteiger partial charge is 0.509 e. The molecule has 2 heterocycles. The second kappa shape index (κ2) is 12.2. The van der Waals surface area contributed by atoms with Crippen LogP contribution in [0.2, 0.25) is 0 Å². The molecule has 1 unspecified atom stereocenters. The molecule has 1 fully saturated rings. The van der Waals surface area contributed by atoms with Crippen molar-refractivity contribution in [2.45, 2.75) is 116 Å². The van der Waals surface area contributed by atoms with Crippen molar-refractivity contribution in [3.8, 4) is 5.75 Å². The van der Waals surface area contributed by atoms with E-state index in [4.69, 9.17) is 18.9 Å². The Kier molecular flexibility index (Phi) is 9.65. The summed E-state index contributed by atoms with van der Waals surface area (Å²) in [7, 11) is 2.12. The molecule has 0 radical (unpaired) electrons. The fraction of sp³-hybridized carbons (Fsp3) is 0.700. The Morgan fingerprint density at radius 2 is 1.75 bits per heavy atom. The number of hydrogen-bond donors (Lipinski definition) is 2. The molecule has 10 heteroatoms. The van der Waals surface area contributed by atoms with E-state index in [2.05, 4.69) is 22.6 Å². The fourth-order valence-electron chi connectivity index (χ4n) is 5.10. The summed E-state index contributed by atoms with van der Waals surface area (Å²) in [6.45, 7) is 15.8. The summed E-state index contributed by atoms with van der Waals surface area (Å²) >= 11 is 0. The summed E-state index contributed by atoms with van der Waals surface area (Å²) in [4.78, 5) is 40.7. The van der Waals surface area contributed by atoms with Gasteiger partial charge in [0.05, 0.1) is 6.42 Å². The first-order valence-electron chi connectivity index (χ1n) is 14.1. The molecule has 1 saturated heterocycles. The predicted octanol–water partition coefficient (Wildman–Crippen LogP) is 4.89. The van der Waals surface area contributed by atoms with Gasteiger partial charge in [0, 0.05) is 18.2 Å². The van der Waals surface area contributed by atoms with Crippen LogP contribution >= 0.6 is 0 Å². The predicted molar refractivity (Wildman–Crippen MR) is 151 cm³/mol. The van der Waals surface area contributed by atoms with Crippen LogP contribution in [0.25, 0.3) is 0 Å². The van der Waals surface area contributed by atoms with Gasteiger partial charge >= 0.3 is 12.2 Å². The lowest BCUT2D eigenvalue weighted by molar-refractivity contribution is -0.120. The molecule has 40 heavy (non-hydrogen) atoms. The quantitative estimate of drug-likeness (QED) is 0.453. The number of rotatable bonds is 7. The Balaban J connectivity index is 1.82. The summed E-state index contributed by atoms with van der Waals surface area (Å²) in [6.07, 6.45) is 0.937. The Morgan fingerprint density at radius 1 is 1.07 bits per heavy atom. The monoisotopic (exact) mass is 561 g/mol. The molecule has 3 rings (SSSR count). The van der Waals surface area contributed by atoms with Crippen LogP contribution in [0.15, 0.2) is 18.2 Å². The van der Waals surface area contributed by atoms with Gasteiger partial charge in [0.25, 0.3) is 0 Å². The van der Waals surface area contributed by atoms with Gasteiger partial charge in [-0.15, -0.1) is 0 Å². The molecular formula is C30H47N3O7. The minimum atomic E-state index is -1.02. The van der Waals surface area contributed by atoms with Crippen molar-refractivity contribution in [3.05, 3.63) is 29.3 Å². The van der Waals surface area contributed by atoms with Crippen molar-refractivity contribution in [1.82, 2.24) is 15.5 Å². The van der Waals surface area contributed by atoms with Crippen molar-refractivity contribution >= 4 is 18.2 Å². The van der Waals surface area contributed by atoms with Gasteiger partial charge in [-0.2, -0.15) is 0 Å². The van der Waals surface area contributed by atoms with E-state index < -0.39 is 41.2 Å². The zero-order valence-electron chi connectivity index (χ0n) is 25.5. The Labute approximate surface area is 238 Å². The second-order valence-electron chi connectivity index (χ2n) is 13.3.